The average molecular weight is 435 g/mol. The molecule has 2 aromatic rings. The summed E-state index contributed by atoms with van der Waals surface area (Å²) in [5.74, 6) is 0.345. The number of aryl methyl sites for hydroxylation is 1. The molecule has 0 aliphatic rings. The van der Waals surface area contributed by atoms with Gasteiger partial charge in [0.25, 0.3) is 0 Å². The van der Waals surface area contributed by atoms with Crippen LogP contribution in [0.5, 0.6) is 0 Å². The van der Waals surface area contributed by atoms with Crippen molar-refractivity contribution in [3.05, 3.63) is 58.1 Å². The molecule has 2 aromatic carbocycles. The first-order chi connectivity index (χ1) is 12.4. The molecule has 2 rings (SSSR count). The van der Waals surface area contributed by atoms with Crippen molar-refractivity contribution in [2.24, 2.45) is 0 Å². The summed E-state index contributed by atoms with van der Waals surface area (Å²) >= 11 is 4.96. The normalized spacial score (nSPS) is 10.5. The SMILES string of the molecule is CCN(Cc1cccc(NC(=O)CSc2ccc(Br)cc2C)c1)C(C)=O. The van der Waals surface area contributed by atoms with Gasteiger partial charge in [-0.15, -0.1) is 11.8 Å². The number of carbonyl (C=O) groups excluding carboxylic acids is 2. The van der Waals surface area contributed by atoms with E-state index in [-0.39, 0.29) is 11.8 Å². The molecule has 2 amide bonds. The Labute approximate surface area is 167 Å². The van der Waals surface area contributed by atoms with Gasteiger partial charge in [0.15, 0.2) is 0 Å². The first-order valence-corrected chi connectivity index (χ1v) is 10.2. The molecule has 0 radical (unpaired) electrons. The van der Waals surface area contributed by atoms with Gasteiger partial charge in [0.1, 0.15) is 0 Å². The summed E-state index contributed by atoms with van der Waals surface area (Å²) in [6, 6.07) is 13.7. The molecule has 138 valence electrons. The molecule has 0 saturated carbocycles. The van der Waals surface area contributed by atoms with Crippen LogP contribution >= 0.6 is 27.7 Å². The number of carbonyl (C=O) groups is 2. The average Bonchev–Trinajstić information content (AvgIpc) is 2.59. The molecule has 0 aliphatic carbocycles. The van der Waals surface area contributed by atoms with Crippen LogP contribution in [-0.4, -0.2) is 29.0 Å². The largest absolute Gasteiger partial charge is 0.339 e. The van der Waals surface area contributed by atoms with Crippen molar-refractivity contribution in [3.8, 4) is 0 Å². The zero-order chi connectivity index (χ0) is 19.1. The molecule has 6 heteroatoms. The van der Waals surface area contributed by atoms with Crippen molar-refractivity contribution < 1.29 is 9.59 Å². The van der Waals surface area contributed by atoms with E-state index in [0.717, 1.165) is 26.2 Å². The van der Waals surface area contributed by atoms with E-state index in [0.29, 0.717) is 18.8 Å². The number of nitrogens with zero attached hydrogens (tertiary/aromatic N) is 1. The van der Waals surface area contributed by atoms with Crippen LogP contribution in [0.1, 0.15) is 25.0 Å². The van der Waals surface area contributed by atoms with Crippen LogP contribution in [0.2, 0.25) is 0 Å². The number of rotatable bonds is 7. The van der Waals surface area contributed by atoms with Crippen molar-refractivity contribution in [2.45, 2.75) is 32.2 Å². The number of hydrogen-bond donors (Lipinski definition) is 1. The fraction of sp³-hybridized carbons (Fsp3) is 0.300. The zero-order valence-electron chi connectivity index (χ0n) is 15.2. The van der Waals surface area contributed by atoms with Crippen molar-refractivity contribution in [3.63, 3.8) is 0 Å². The molecule has 0 spiro atoms. The van der Waals surface area contributed by atoms with Gasteiger partial charge in [0.2, 0.25) is 11.8 Å². The third-order valence-electron chi connectivity index (χ3n) is 3.91. The van der Waals surface area contributed by atoms with E-state index >= 15 is 0 Å². The number of thioether (sulfide) groups is 1. The van der Waals surface area contributed by atoms with Crippen LogP contribution in [0.15, 0.2) is 51.8 Å². The van der Waals surface area contributed by atoms with E-state index in [1.807, 2.05) is 56.3 Å². The van der Waals surface area contributed by atoms with E-state index in [4.69, 9.17) is 0 Å². The van der Waals surface area contributed by atoms with Gasteiger partial charge in [-0.3, -0.25) is 9.59 Å². The van der Waals surface area contributed by atoms with Crippen LogP contribution in [0.3, 0.4) is 0 Å². The number of benzene rings is 2. The van der Waals surface area contributed by atoms with Crippen molar-refractivity contribution in [1.29, 1.82) is 0 Å². The number of nitrogens with one attached hydrogen (secondary N) is 1. The first kappa shape index (κ1) is 20.5. The molecule has 0 fully saturated rings. The van der Waals surface area contributed by atoms with E-state index < -0.39 is 0 Å². The lowest BCUT2D eigenvalue weighted by atomic mass is 10.2. The third kappa shape index (κ3) is 6.18. The second-order valence-electron chi connectivity index (χ2n) is 5.98. The van der Waals surface area contributed by atoms with E-state index in [1.165, 1.54) is 11.8 Å². The summed E-state index contributed by atoms with van der Waals surface area (Å²) in [5.41, 5.74) is 2.89. The second-order valence-corrected chi connectivity index (χ2v) is 7.91. The summed E-state index contributed by atoms with van der Waals surface area (Å²) in [4.78, 5) is 26.7. The summed E-state index contributed by atoms with van der Waals surface area (Å²) in [6.07, 6.45) is 0. The quantitative estimate of drug-likeness (QED) is 0.633. The van der Waals surface area contributed by atoms with Gasteiger partial charge < -0.3 is 10.2 Å². The van der Waals surface area contributed by atoms with Gasteiger partial charge in [-0.2, -0.15) is 0 Å². The molecule has 0 aromatic heterocycles. The lowest BCUT2D eigenvalue weighted by Gasteiger charge is -2.19. The Morgan fingerprint density at radius 3 is 2.62 bits per heavy atom. The first-order valence-electron chi connectivity index (χ1n) is 8.42. The Hall–Kier alpha value is -1.79. The molecule has 26 heavy (non-hydrogen) atoms. The van der Waals surface area contributed by atoms with Crippen molar-refractivity contribution in [1.82, 2.24) is 4.90 Å². The fourth-order valence-electron chi connectivity index (χ4n) is 2.53. The predicted molar refractivity (Wildman–Crippen MR) is 111 cm³/mol. The van der Waals surface area contributed by atoms with Crippen molar-refractivity contribution in [2.75, 3.05) is 17.6 Å². The van der Waals surface area contributed by atoms with Crippen LogP contribution in [0, 0.1) is 6.92 Å². The van der Waals surface area contributed by atoms with Gasteiger partial charge in [0.05, 0.1) is 5.75 Å². The molecule has 0 heterocycles. The van der Waals surface area contributed by atoms with Gasteiger partial charge >= 0.3 is 0 Å². The minimum absolute atomic E-state index is 0.0446. The molecule has 0 aliphatic heterocycles. The molecule has 0 unspecified atom stereocenters. The molecular formula is C20H23BrN2O2S. The van der Waals surface area contributed by atoms with Gasteiger partial charge in [-0.25, -0.2) is 0 Å². The summed E-state index contributed by atoms with van der Waals surface area (Å²) in [5, 5.41) is 2.93. The van der Waals surface area contributed by atoms with Crippen LogP contribution in [-0.2, 0) is 16.1 Å². The highest BCUT2D eigenvalue weighted by molar-refractivity contribution is 9.10. The topological polar surface area (TPSA) is 49.4 Å². The summed E-state index contributed by atoms with van der Waals surface area (Å²) < 4.78 is 1.03. The van der Waals surface area contributed by atoms with E-state index in [9.17, 15) is 9.59 Å². The zero-order valence-corrected chi connectivity index (χ0v) is 17.6. The maximum absolute atomic E-state index is 12.3. The molecule has 0 bridgehead atoms. The monoisotopic (exact) mass is 434 g/mol. The smallest absolute Gasteiger partial charge is 0.234 e. The summed E-state index contributed by atoms with van der Waals surface area (Å²) in [7, 11) is 0. The van der Waals surface area contributed by atoms with Crippen LogP contribution < -0.4 is 5.32 Å². The number of anilines is 1. The molecule has 0 atom stereocenters. The minimum Gasteiger partial charge on any atom is -0.339 e. The Morgan fingerprint density at radius 1 is 1.19 bits per heavy atom. The predicted octanol–water partition coefficient (Wildman–Crippen LogP) is 4.86. The van der Waals surface area contributed by atoms with E-state index in [2.05, 4.69) is 21.2 Å². The highest BCUT2D eigenvalue weighted by Gasteiger charge is 2.09. The van der Waals surface area contributed by atoms with Crippen LogP contribution in [0.4, 0.5) is 5.69 Å². The molecule has 1 N–H and O–H groups in total. The molecule has 0 saturated heterocycles. The Bertz CT molecular complexity index is 795. The lowest BCUT2D eigenvalue weighted by Crippen LogP contribution is -2.27. The maximum Gasteiger partial charge on any atom is 0.234 e. The number of amides is 2. The Kier molecular flexibility index (Phi) is 7.72. The van der Waals surface area contributed by atoms with Gasteiger partial charge in [-0.1, -0.05) is 28.1 Å². The fourth-order valence-corrected chi connectivity index (χ4v) is 3.81. The summed E-state index contributed by atoms with van der Waals surface area (Å²) in [6.45, 7) is 6.76. The number of hydrogen-bond acceptors (Lipinski definition) is 3. The molecule has 4 nitrogen and oxygen atoms in total. The van der Waals surface area contributed by atoms with E-state index in [1.54, 1.807) is 11.8 Å². The highest BCUT2D eigenvalue weighted by atomic mass is 79.9. The maximum atomic E-state index is 12.3. The van der Waals surface area contributed by atoms with Crippen LogP contribution in [0.25, 0.3) is 0 Å². The standard InChI is InChI=1S/C20H23BrN2O2S/c1-4-23(15(3)24)12-16-6-5-7-18(11-16)22-20(25)13-26-19-9-8-17(21)10-14(19)2/h5-11H,4,12-13H2,1-3H3,(H,22,25). The Balaban J connectivity index is 1.94. The highest BCUT2D eigenvalue weighted by Crippen LogP contribution is 2.25. The lowest BCUT2D eigenvalue weighted by molar-refractivity contribution is -0.129. The second kappa shape index (κ2) is 9.78. The third-order valence-corrected chi connectivity index (χ3v) is 5.58. The minimum atomic E-state index is -0.0478. The van der Waals surface area contributed by atoms with Crippen molar-refractivity contribution >= 4 is 45.2 Å². The van der Waals surface area contributed by atoms with Gasteiger partial charge in [0, 0.05) is 35.1 Å². The molecular weight excluding hydrogens is 412 g/mol. The number of halogens is 1. The Morgan fingerprint density at radius 2 is 1.96 bits per heavy atom. The van der Waals surface area contributed by atoms with Gasteiger partial charge in [-0.05, 0) is 55.3 Å².